The first-order chi connectivity index (χ1) is 16.2. The first-order valence-corrected chi connectivity index (χ1v) is 14.3. The fourth-order valence-corrected chi connectivity index (χ4v) is 10.3. The molecule has 4 aliphatic carbocycles. The van der Waals surface area contributed by atoms with Gasteiger partial charge in [-0.05, 0) is 120 Å². The summed E-state index contributed by atoms with van der Waals surface area (Å²) in [6.45, 7) is 7.40. The zero-order valence-electron chi connectivity index (χ0n) is 21.2. The number of hydrogen-bond donors (Lipinski definition) is 0. The van der Waals surface area contributed by atoms with Gasteiger partial charge in [0.15, 0.2) is 0 Å². The summed E-state index contributed by atoms with van der Waals surface area (Å²) in [5.74, 6) is 6.40. The Kier molecular flexibility index (Phi) is 5.71. The molecule has 1 spiro atoms. The summed E-state index contributed by atoms with van der Waals surface area (Å²) in [7, 11) is 0. The quantitative estimate of drug-likeness (QED) is 0.445. The van der Waals surface area contributed by atoms with Crippen molar-refractivity contribution in [3.8, 4) is 0 Å². The van der Waals surface area contributed by atoms with Gasteiger partial charge < -0.3 is 0 Å². The lowest BCUT2D eigenvalue weighted by atomic mass is 9.45. The number of hydrogen-bond acceptors (Lipinski definition) is 0. The van der Waals surface area contributed by atoms with Crippen LogP contribution in [0, 0.1) is 35.0 Å². The maximum atomic E-state index is 2.70. The molecule has 8 atom stereocenters. The van der Waals surface area contributed by atoms with E-state index in [4.69, 9.17) is 0 Å². The smallest absolute Gasteiger partial charge is 0.0154 e. The molecule has 0 heterocycles. The van der Waals surface area contributed by atoms with Gasteiger partial charge in [0.05, 0.1) is 0 Å². The first kappa shape index (κ1) is 21.9. The van der Waals surface area contributed by atoms with Crippen molar-refractivity contribution in [1.29, 1.82) is 0 Å². The topological polar surface area (TPSA) is 0 Å². The molecule has 2 aromatic carbocycles. The molecule has 6 rings (SSSR count). The number of fused-ring (bicyclic) bond motifs is 1. The largest absolute Gasteiger partial charge is 0.0620 e. The molecule has 0 saturated heterocycles. The SMILES string of the molecule is CCc1ccccc1C1C[C@@H]2CC(c3ccccc3CC)C[C@H](C)[C@]23C2CCCC2C[C@@H]3C1. The zero-order valence-corrected chi connectivity index (χ0v) is 21.2. The number of rotatable bonds is 4. The van der Waals surface area contributed by atoms with Crippen LogP contribution in [0.3, 0.4) is 0 Å². The Hall–Kier alpha value is -1.56. The predicted octanol–water partition coefficient (Wildman–Crippen LogP) is 8.94. The second-order valence-corrected chi connectivity index (χ2v) is 12.3. The van der Waals surface area contributed by atoms with E-state index < -0.39 is 0 Å². The van der Waals surface area contributed by atoms with Crippen molar-refractivity contribution in [2.75, 3.05) is 0 Å². The summed E-state index contributed by atoms with van der Waals surface area (Å²) < 4.78 is 0. The minimum absolute atomic E-state index is 0.649. The van der Waals surface area contributed by atoms with Crippen molar-refractivity contribution in [1.82, 2.24) is 0 Å². The molecule has 2 aromatic rings. The molecule has 176 valence electrons. The maximum absolute atomic E-state index is 2.70. The van der Waals surface area contributed by atoms with Gasteiger partial charge in [-0.25, -0.2) is 0 Å². The molecule has 0 bridgehead atoms. The average molecular weight is 441 g/mol. The highest BCUT2D eigenvalue weighted by Gasteiger charge is 2.65. The third kappa shape index (κ3) is 3.30. The molecule has 0 aliphatic heterocycles. The van der Waals surface area contributed by atoms with Crippen molar-refractivity contribution >= 4 is 0 Å². The zero-order chi connectivity index (χ0) is 22.6. The molecule has 0 amide bonds. The van der Waals surface area contributed by atoms with Gasteiger partial charge in [0.2, 0.25) is 0 Å². The minimum Gasteiger partial charge on any atom is -0.0620 e. The van der Waals surface area contributed by atoms with E-state index in [0.717, 1.165) is 41.4 Å². The van der Waals surface area contributed by atoms with Gasteiger partial charge in [0.1, 0.15) is 0 Å². The molecule has 4 saturated carbocycles. The number of benzene rings is 2. The third-order valence-corrected chi connectivity index (χ3v) is 11.3. The minimum atomic E-state index is 0.649. The van der Waals surface area contributed by atoms with E-state index >= 15 is 0 Å². The fourth-order valence-electron chi connectivity index (χ4n) is 10.3. The van der Waals surface area contributed by atoms with Crippen LogP contribution in [-0.4, -0.2) is 0 Å². The van der Waals surface area contributed by atoms with E-state index in [0.29, 0.717) is 5.41 Å². The molecule has 33 heavy (non-hydrogen) atoms. The van der Waals surface area contributed by atoms with Crippen LogP contribution in [0.15, 0.2) is 48.5 Å². The Morgan fingerprint density at radius 3 is 1.85 bits per heavy atom. The van der Waals surface area contributed by atoms with Crippen molar-refractivity contribution in [2.45, 2.75) is 96.8 Å². The molecule has 0 heteroatoms. The molecule has 0 nitrogen and oxygen atoms in total. The lowest BCUT2D eigenvalue weighted by Gasteiger charge is -2.60. The molecule has 4 aliphatic rings. The van der Waals surface area contributed by atoms with Crippen molar-refractivity contribution < 1.29 is 0 Å². The summed E-state index contributed by atoms with van der Waals surface area (Å²) in [6, 6.07) is 18.9. The van der Waals surface area contributed by atoms with E-state index in [1.807, 2.05) is 0 Å². The summed E-state index contributed by atoms with van der Waals surface area (Å²) in [6.07, 6.45) is 14.3. The molecule has 0 radical (unpaired) electrons. The highest BCUT2D eigenvalue weighted by Crippen LogP contribution is 2.73. The fraction of sp³-hybridized carbons (Fsp3) is 0.636. The van der Waals surface area contributed by atoms with Crippen LogP contribution in [0.4, 0.5) is 0 Å². The highest BCUT2D eigenvalue weighted by atomic mass is 14.7. The molecular formula is C33H44. The summed E-state index contributed by atoms with van der Waals surface area (Å²) in [5, 5.41) is 0. The van der Waals surface area contributed by atoms with Gasteiger partial charge in [-0.3, -0.25) is 0 Å². The second kappa shape index (κ2) is 8.58. The summed E-state index contributed by atoms with van der Waals surface area (Å²) >= 11 is 0. The lowest BCUT2D eigenvalue weighted by molar-refractivity contribution is -0.0888. The lowest BCUT2D eigenvalue weighted by Crippen LogP contribution is -2.52. The van der Waals surface area contributed by atoms with Crippen molar-refractivity contribution in [3.63, 3.8) is 0 Å². The van der Waals surface area contributed by atoms with E-state index in [2.05, 4.69) is 69.3 Å². The van der Waals surface area contributed by atoms with Crippen LogP contribution in [0.2, 0.25) is 0 Å². The van der Waals surface area contributed by atoms with E-state index in [1.54, 1.807) is 28.7 Å². The van der Waals surface area contributed by atoms with Gasteiger partial charge in [-0.2, -0.15) is 0 Å². The highest BCUT2D eigenvalue weighted by molar-refractivity contribution is 5.34. The number of aryl methyl sites for hydroxylation is 2. The van der Waals surface area contributed by atoms with E-state index in [9.17, 15) is 0 Å². The van der Waals surface area contributed by atoms with Crippen LogP contribution >= 0.6 is 0 Å². The van der Waals surface area contributed by atoms with E-state index in [-0.39, 0.29) is 0 Å². The Morgan fingerprint density at radius 1 is 0.697 bits per heavy atom. The van der Waals surface area contributed by atoms with Gasteiger partial charge in [-0.15, -0.1) is 0 Å². The predicted molar refractivity (Wildman–Crippen MR) is 140 cm³/mol. The van der Waals surface area contributed by atoms with Crippen LogP contribution in [0.5, 0.6) is 0 Å². The molecule has 4 unspecified atom stereocenters. The van der Waals surface area contributed by atoms with Crippen LogP contribution in [0.1, 0.15) is 106 Å². The Bertz CT molecular complexity index is 985. The summed E-state index contributed by atoms with van der Waals surface area (Å²) in [4.78, 5) is 0. The van der Waals surface area contributed by atoms with Crippen molar-refractivity contribution in [3.05, 3.63) is 70.8 Å². The Labute approximate surface area is 202 Å². The average Bonchev–Trinajstić information content (AvgIpc) is 3.43. The normalized spacial score (nSPS) is 39.7. The first-order valence-electron chi connectivity index (χ1n) is 14.3. The van der Waals surface area contributed by atoms with Gasteiger partial charge >= 0.3 is 0 Å². The van der Waals surface area contributed by atoms with Crippen LogP contribution < -0.4 is 0 Å². The third-order valence-electron chi connectivity index (χ3n) is 11.3. The molecule has 0 aromatic heterocycles. The molecular weight excluding hydrogens is 396 g/mol. The second-order valence-electron chi connectivity index (χ2n) is 12.3. The van der Waals surface area contributed by atoms with E-state index in [1.165, 1.54) is 57.8 Å². The van der Waals surface area contributed by atoms with Gasteiger partial charge in [-0.1, -0.05) is 82.1 Å². The monoisotopic (exact) mass is 440 g/mol. The van der Waals surface area contributed by atoms with Gasteiger partial charge in [0.25, 0.3) is 0 Å². The van der Waals surface area contributed by atoms with Crippen molar-refractivity contribution in [2.24, 2.45) is 35.0 Å². The molecule has 4 fully saturated rings. The van der Waals surface area contributed by atoms with Crippen LogP contribution in [0.25, 0.3) is 0 Å². The Balaban J connectivity index is 1.40. The standard InChI is InChI=1S/C33H44/c1-4-23-11-6-8-14-30(23)26-17-22(3)33-28(18-25-13-10-16-32(25)33)20-27(21-29(33)19-26)31-15-9-7-12-24(31)5-2/h6-9,11-12,14-15,22,25-29,32H,4-5,10,13,16-21H2,1-3H3/t22-,25?,26?,27?,28+,29-,32?,33+/m0/s1. The van der Waals surface area contributed by atoms with Crippen LogP contribution in [-0.2, 0) is 12.8 Å². The molecule has 0 N–H and O–H groups in total. The summed E-state index contributed by atoms with van der Waals surface area (Å²) in [5.41, 5.74) is 7.27. The Morgan fingerprint density at radius 2 is 1.24 bits per heavy atom. The maximum Gasteiger partial charge on any atom is -0.0154 e. The van der Waals surface area contributed by atoms with Gasteiger partial charge in [0, 0.05) is 0 Å².